The maximum Gasteiger partial charge on any atom is 0.249 e. The Morgan fingerprint density at radius 3 is 2.51 bits per heavy atom. The first-order chi connectivity index (χ1) is 16.8. The lowest BCUT2D eigenvalue weighted by Crippen LogP contribution is -2.33. The van der Waals surface area contributed by atoms with Gasteiger partial charge in [-0.25, -0.2) is 4.99 Å². The van der Waals surface area contributed by atoms with Crippen LogP contribution in [0, 0.1) is 5.41 Å². The Hall–Kier alpha value is -3.10. The number of benzene rings is 2. The number of hydrogen-bond acceptors (Lipinski definition) is 7. The van der Waals surface area contributed by atoms with Gasteiger partial charge in [-0.15, -0.1) is 0 Å². The number of aliphatic imine (C=N–C) groups is 1. The van der Waals surface area contributed by atoms with Crippen LogP contribution >= 0.6 is 0 Å². The number of nitrogens with zero attached hydrogens (tertiary/aromatic N) is 2. The van der Waals surface area contributed by atoms with E-state index in [1.54, 1.807) is 49.6 Å². The van der Waals surface area contributed by atoms with Crippen molar-refractivity contribution < 1.29 is 28.8 Å². The van der Waals surface area contributed by atoms with Crippen molar-refractivity contribution in [3.8, 4) is 23.0 Å². The number of carbonyl (C=O) groups excluding carboxylic acids is 1. The van der Waals surface area contributed by atoms with Gasteiger partial charge in [-0.3, -0.25) is 9.69 Å². The largest absolute Gasteiger partial charge is 0.497 e. The summed E-state index contributed by atoms with van der Waals surface area (Å²) in [7, 11) is 1.60. The highest BCUT2D eigenvalue weighted by atomic mass is 16.6. The van der Waals surface area contributed by atoms with Crippen LogP contribution < -0.4 is 18.9 Å². The van der Waals surface area contributed by atoms with Crippen LogP contribution in [0.15, 0.2) is 47.5 Å². The zero-order chi connectivity index (χ0) is 24.8. The Kier molecular flexibility index (Phi) is 7.93. The van der Waals surface area contributed by atoms with Crippen molar-refractivity contribution >= 4 is 11.6 Å². The van der Waals surface area contributed by atoms with Crippen molar-refractivity contribution in [2.75, 3.05) is 46.6 Å². The predicted molar refractivity (Wildman–Crippen MR) is 133 cm³/mol. The van der Waals surface area contributed by atoms with Crippen LogP contribution in [-0.2, 0) is 4.79 Å². The number of ether oxygens (including phenoxy) is 4. The van der Waals surface area contributed by atoms with E-state index in [-0.39, 0.29) is 24.3 Å². The average Bonchev–Trinajstić information content (AvgIpc) is 3.21. The number of carbonyl (C=O) groups is 1. The van der Waals surface area contributed by atoms with Crippen molar-refractivity contribution in [1.29, 1.82) is 0 Å². The van der Waals surface area contributed by atoms with Gasteiger partial charge in [-0.1, -0.05) is 19.9 Å². The fraction of sp³-hybridized carbons (Fsp3) is 0.481. The van der Waals surface area contributed by atoms with Crippen molar-refractivity contribution in [2.24, 2.45) is 10.4 Å². The molecule has 0 unspecified atom stereocenters. The monoisotopic (exact) mass is 482 g/mol. The molecule has 2 aliphatic heterocycles. The summed E-state index contributed by atoms with van der Waals surface area (Å²) in [4.78, 5) is 19.3. The molecule has 2 aromatic carbocycles. The Bertz CT molecular complexity index is 1050. The van der Waals surface area contributed by atoms with E-state index in [0.717, 1.165) is 25.3 Å². The van der Waals surface area contributed by atoms with Crippen LogP contribution in [0.2, 0.25) is 0 Å². The molecule has 0 bridgehead atoms. The number of likely N-dealkylation sites (tertiary alicyclic amines) is 1. The van der Waals surface area contributed by atoms with Crippen molar-refractivity contribution in [2.45, 2.75) is 32.8 Å². The van der Waals surface area contributed by atoms with Crippen LogP contribution in [-0.4, -0.2) is 68.2 Å². The molecular weight excluding hydrogens is 448 g/mol. The maximum absolute atomic E-state index is 12.8. The Morgan fingerprint density at radius 1 is 1.11 bits per heavy atom. The fourth-order valence-electron chi connectivity index (χ4n) is 4.34. The Labute approximate surface area is 206 Å². The normalized spacial score (nSPS) is 18.2. The molecule has 2 aromatic rings. The highest BCUT2D eigenvalue weighted by Gasteiger charge is 2.31. The van der Waals surface area contributed by atoms with Gasteiger partial charge in [0.2, 0.25) is 5.91 Å². The van der Waals surface area contributed by atoms with E-state index < -0.39 is 6.10 Å². The van der Waals surface area contributed by atoms with Crippen LogP contribution in [0.4, 0.5) is 0 Å². The Morgan fingerprint density at radius 2 is 1.83 bits per heavy atom. The van der Waals surface area contributed by atoms with E-state index in [9.17, 15) is 9.90 Å². The summed E-state index contributed by atoms with van der Waals surface area (Å²) in [5.41, 5.74) is 1.24. The van der Waals surface area contributed by atoms with Gasteiger partial charge < -0.3 is 24.1 Å². The lowest BCUT2D eigenvalue weighted by Gasteiger charge is -2.24. The van der Waals surface area contributed by atoms with Crippen molar-refractivity contribution in [1.82, 2.24) is 4.90 Å². The standard InChI is InChI=1S/C27H34N2O6/c1-27(2)11-12-29(18-27)17-22(26(31)19-4-9-23-24(16-19)35-15-14-34-23)28-25(30)10-13-33-21-7-5-20(32-3)6-8-21/h4-9,16,26,31H,10-15,17-18H2,1-3H3/b28-22+/t26-/m1/s1. The van der Waals surface area contributed by atoms with Gasteiger partial charge in [0.15, 0.2) is 11.5 Å². The zero-order valence-corrected chi connectivity index (χ0v) is 20.7. The molecule has 188 valence electrons. The first kappa shape index (κ1) is 25.0. The molecule has 1 amide bonds. The average molecular weight is 483 g/mol. The molecule has 0 aromatic heterocycles. The molecule has 35 heavy (non-hydrogen) atoms. The summed E-state index contributed by atoms with van der Waals surface area (Å²) in [6.45, 7) is 7.81. The number of fused-ring (bicyclic) bond motifs is 1. The molecule has 2 heterocycles. The number of methoxy groups -OCH3 is 1. The molecule has 0 aliphatic carbocycles. The number of rotatable bonds is 9. The molecule has 8 nitrogen and oxygen atoms in total. The SMILES string of the molecule is COc1ccc(OCCC(=O)/N=C(\CN2CCC(C)(C)C2)[C@H](O)c2ccc3c(c2)OCCO3)cc1. The predicted octanol–water partition coefficient (Wildman–Crippen LogP) is 3.67. The van der Waals surface area contributed by atoms with E-state index in [4.69, 9.17) is 18.9 Å². The second-order valence-electron chi connectivity index (χ2n) is 9.70. The minimum absolute atomic E-state index is 0.106. The van der Waals surface area contributed by atoms with E-state index in [1.807, 2.05) is 0 Å². The van der Waals surface area contributed by atoms with Crippen LogP contribution in [0.1, 0.15) is 38.4 Å². The van der Waals surface area contributed by atoms with E-state index in [2.05, 4.69) is 23.7 Å². The van der Waals surface area contributed by atoms with Gasteiger partial charge in [0.1, 0.15) is 30.8 Å². The molecule has 1 N–H and O–H groups in total. The minimum atomic E-state index is -1.03. The number of aliphatic hydroxyl groups excluding tert-OH is 1. The molecular formula is C27H34N2O6. The molecule has 1 atom stereocenters. The number of hydrogen-bond donors (Lipinski definition) is 1. The minimum Gasteiger partial charge on any atom is -0.497 e. The topological polar surface area (TPSA) is 89.8 Å². The third kappa shape index (κ3) is 6.74. The van der Waals surface area contributed by atoms with Crippen LogP contribution in [0.3, 0.4) is 0 Å². The molecule has 0 radical (unpaired) electrons. The third-order valence-electron chi connectivity index (χ3n) is 6.25. The first-order valence-corrected chi connectivity index (χ1v) is 12.0. The van der Waals surface area contributed by atoms with Gasteiger partial charge in [0.05, 0.1) is 25.8 Å². The van der Waals surface area contributed by atoms with Gasteiger partial charge >= 0.3 is 0 Å². The summed E-state index contributed by atoms with van der Waals surface area (Å²) in [6, 6.07) is 12.5. The zero-order valence-electron chi connectivity index (χ0n) is 20.7. The molecule has 0 spiro atoms. The van der Waals surface area contributed by atoms with E-state index >= 15 is 0 Å². The number of amides is 1. The molecule has 0 saturated carbocycles. The maximum atomic E-state index is 12.8. The summed E-state index contributed by atoms with van der Waals surface area (Å²) in [6.07, 6.45) is 0.139. The second-order valence-corrected chi connectivity index (χ2v) is 9.70. The summed E-state index contributed by atoms with van der Waals surface area (Å²) in [5.74, 6) is 2.30. The summed E-state index contributed by atoms with van der Waals surface area (Å²) in [5, 5.41) is 11.2. The fourth-order valence-corrected chi connectivity index (χ4v) is 4.34. The van der Waals surface area contributed by atoms with Crippen LogP contribution in [0.25, 0.3) is 0 Å². The third-order valence-corrected chi connectivity index (χ3v) is 6.25. The number of aliphatic hydroxyl groups is 1. The summed E-state index contributed by atoms with van der Waals surface area (Å²) < 4.78 is 22.1. The molecule has 1 saturated heterocycles. The van der Waals surface area contributed by atoms with Gasteiger partial charge in [0, 0.05) is 13.1 Å². The first-order valence-electron chi connectivity index (χ1n) is 12.0. The Balaban J connectivity index is 1.45. The second kappa shape index (κ2) is 11.1. The smallest absolute Gasteiger partial charge is 0.249 e. The quantitative estimate of drug-likeness (QED) is 0.546. The molecule has 8 heteroatoms. The van der Waals surface area contributed by atoms with Gasteiger partial charge in [-0.05, 0) is 60.3 Å². The van der Waals surface area contributed by atoms with Crippen molar-refractivity contribution in [3.63, 3.8) is 0 Å². The van der Waals surface area contributed by atoms with E-state index in [0.29, 0.717) is 48.3 Å². The van der Waals surface area contributed by atoms with Gasteiger partial charge in [-0.2, -0.15) is 0 Å². The lowest BCUT2D eigenvalue weighted by atomic mass is 9.93. The lowest BCUT2D eigenvalue weighted by molar-refractivity contribution is -0.118. The highest BCUT2D eigenvalue weighted by molar-refractivity contribution is 6.00. The molecule has 2 aliphatic rings. The highest BCUT2D eigenvalue weighted by Crippen LogP contribution is 2.34. The molecule has 1 fully saturated rings. The summed E-state index contributed by atoms with van der Waals surface area (Å²) >= 11 is 0. The van der Waals surface area contributed by atoms with Crippen molar-refractivity contribution in [3.05, 3.63) is 48.0 Å². The molecule has 4 rings (SSSR count). The van der Waals surface area contributed by atoms with Gasteiger partial charge in [0.25, 0.3) is 0 Å². The van der Waals surface area contributed by atoms with Crippen LogP contribution in [0.5, 0.6) is 23.0 Å². The van der Waals surface area contributed by atoms with E-state index in [1.165, 1.54) is 0 Å².